The average molecular weight is 230 g/mol. The smallest absolute Gasteiger partial charge is 0.123 e. The summed E-state index contributed by atoms with van der Waals surface area (Å²) in [6.07, 6.45) is 2.65. The van der Waals surface area contributed by atoms with Crippen molar-refractivity contribution in [1.82, 2.24) is 9.78 Å². The molecular weight excluding hydrogens is 212 g/mol. The third-order valence-corrected chi connectivity index (χ3v) is 2.71. The highest BCUT2D eigenvalue weighted by Crippen LogP contribution is 2.05. The number of nitrogens with two attached hydrogens (primary N) is 1. The number of rotatable bonds is 5. The van der Waals surface area contributed by atoms with Crippen LogP contribution in [0.1, 0.15) is 5.56 Å². The number of hydrogen-bond donors (Lipinski definition) is 2. The van der Waals surface area contributed by atoms with E-state index in [1.54, 1.807) is 10.9 Å². The monoisotopic (exact) mass is 230 g/mol. The average Bonchev–Trinajstić information content (AvgIpc) is 2.74. The number of aromatic nitrogens is 2. The molecule has 3 N–H and O–H groups in total. The maximum atomic E-state index is 6.08. The van der Waals surface area contributed by atoms with E-state index in [0.717, 1.165) is 18.8 Å². The molecule has 17 heavy (non-hydrogen) atoms. The molecule has 2 aromatic rings. The minimum absolute atomic E-state index is 0.104. The van der Waals surface area contributed by atoms with Gasteiger partial charge < -0.3 is 11.1 Å². The zero-order valence-corrected chi connectivity index (χ0v) is 10.0. The summed E-state index contributed by atoms with van der Waals surface area (Å²) in [5.74, 6) is 0.994. The Balaban J connectivity index is 1.82. The Hall–Kier alpha value is -1.81. The molecule has 0 saturated heterocycles. The maximum absolute atomic E-state index is 6.08. The van der Waals surface area contributed by atoms with Gasteiger partial charge in [-0.15, -0.1) is 0 Å². The van der Waals surface area contributed by atoms with Crippen molar-refractivity contribution in [3.8, 4) is 0 Å². The quantitative estimate of drug-likeness (QED) is 0.816. The lowest BCUT2D eigenvalue weighted by atomic mass is 10.1. The number of aryl methyl sites for hydroxylation is 1. The molecule has 1 atom stereocenters. The largest absolute Gasteiger partial charge is 0.369 e. The SMILES string of the molecule is Cn1nccc1NCC(N)Cc1ccccc1. The second-order valence-electron chi connectivity index (χ2n) is 4.17. The lowest BCUT2D eigenvalue weighted by molar-refractivity contribution is 0.687. The summed E-state index contributed by atoms with van der Waals surface area (Å²) in [4.78, 5) is 0. The third kappa shape index (κ3) is 3.32. The van der Waals surface area contributed by atoms with E-state index in [9.17, 15) is 0 Å². The van der Waals surface area contributed by atoms with Crippen LogP contribution in [0, 0.1) is 0 Å². The van der Waals surface area contributed by atoms with E-state index in [4.69, 9.17) is 5.73 Å². The van der Waals surface area contributed by atoms with Crippen molar-refractivity contribution in [3.05, 3.63) is 48.2 Å². The molecule has 4 nitrogen and oxygen atoms in total. The van der Waals surface area contributed by atoms with Crippen molar-refractivity contribution in [1.29, 1.82) is 0 Å². The summed E-state index contributed by atoms with van der Waals surface area (Å²) >= 11 is 0. The molecule has 0 aliphatic rings. The van der Waals surface area contributed by atoms with Crippen LogP contribution >= 0.6 is 0 Å². The van der Waals surface area contributed by atoms with E-state index < -0.39 is 0 Å². The van der Waals surface area contributed by atoms with Gasteiger partial charge in [0.25, 0.3) is 0 Å². The standard InChI is InChI=1S/C13H18N4/c1-17-13(7-8-16-17)15-10-12(14)9-11-5-3-2-4-6-11/h2-8,12,15H,9-10,14H2,1H3. The Kier molecular flexibility index (Phi) is 3.77. The van der Waals surface area contributed by atoms with Crippen molar-refractivity contribution in [2.24, 2.45) is 12.8 Å². The highest BCUT2D eigenvalue weighted by molar-refractivity contribution is 5.33. The molecule has 0 amide bonds. The minimum Gasteiger partial charge on any atom is -0.369 e. The molecule has 1 aromatic carbocycles. The number of hydrogen-bond acceptors (Lipinski definition) is 3. The zero-order valence-electron chi connectivity index (χ0n) is 10.0. The van der Waals surface area contributed by atoms with Crippen LogP contribution in [0.2, 0.25) is 0 Å². The van der Waals surface area contributed by atoms with Gasteiger partial charge in [0.1, 0.15) is 5.82 Å². The predicted molar refractivity (Wildman–Crippen MR) is 69.8 cm³/mol. The third-order valence-electron chi connectivity index (χ3n) is 2.71. The fourth-order valence-electron chi connectivity index (χ4n) is 1.77. The van der Waals surface area contributed by atoms with E-state index in [0.29, 0.717) is 0 Å². The molecule has 0 bridgehead atoms. The Morgan fingerprint density at radius 1 is 1.29 bits per heavy atom. The highest BCUT2D eigenvalue weighted by atomic mass is 15.3. The van der Waals surface area contributed by atoms with Gasteiger partial charge in [0.15, 0.2) is 0 Å². The molecule has 0 saturated carbocycles. The fraction of sp³-hybridized carbons (Fsp3) is 0.308. The van der Waals surface area contributed by atoms with Crippen LogP contribution in [0.15, 0.2) is 42.6 Å². The van der Waals surface area contributed by atoms with Crippen molar-refractivity contribution in [3.63, 3.8) is 0 Å². The Labute approximate surface area is 101 Å². The topological polar surface area (TPSA) is 55.9 Å². The van der Waals surface area contributed by atoms with Crippen molar-refractivity contribution >= 4 is 5.82 Å². The molecule has 4 heteroatoms. The van der Waals surface area contributed by atoms with Crippen LogP contribution in [-0.2, 0) is 13.5 Å². The lowest BCUT2D eigenvalue weighted by Crippen LogP contribution is -2.31. The van der Waals surface area contributed by atoms with E-state index >= 15 is 0 Å². The normalized spacial score (nSPS) is 12.4. The van der Waals surface area contributed by atoms with E-state index in [-0.39, 0.29) is 6.04 Å². The summed E-state index contributed by atoms with van der Waals surface area (Å²) in [7, 11) is 1.91. The van der Waals surface area contributed by atoms with Gasteiger partial charge in [-0.25, -0.2) is 0 Å². The molecule has 2 rings (SSSR count). The molecule has 0 fully saturated rings. The fourth-order valence-corrected chi connectivity index (χ4v) is 1.77. The first-order chi connectivity index (χ1) is 8.25. The molecular formula is C13H18N4. The van der Waals surface area contributed by atoms with Crippen molar-refractivity contribution < 1.29 is 0 Å². The first-order valence-corrected chi connectivity index (χ1v) is 5.77. The van der Waals surface area contributed by atoms with Gasteiger partial charge in [-0.1, -0.05) is 30.3 Å². The van der Waals surface area contributed by atoms with Gasteiger partial charge in [-0.2, -0.15) is 5.10 Å². The van der Waals surface area contributed by atoms with Gasteiger partial charge >= 0.3 is 0 Å². The van der Waals surface area contributed by atoms with Crippen molar-refractivity contribution in [2.75, 3.05) is 11.9 Å². The van der Waals surface area contributed by atoms with E-state index in [1.165, 1.54) is 5.56 Å². The summed E-state index contributed by atoms with van der Waals surface area (Å²) in [5, 5.41) is 7.38. The van der Waals surface area contributed by atoms with Crippen LogP contribution in [0.4, 0.5) is 5.82 Å². The van der Waals surface area contributed by atoms with Crippen LogP contribution in [-0.4, -0.2) is 22.4 Å². The molecule has 0 aliphatic heterocycles. The Morgan fingerprint density at radius 2 is 2.06 bits per heavy atom. The number of nitrogens with zero attached hydrogens (tertiary/aromatic N) is 2. The van der Waals surface area contributed by atoms with E-state index in [1.807, 2.05) is 31.3 Å². The van der Waals surface area contributed by atoms with Gasteiger partial charge in [0.2, 0.25) is 0 Å². The summed E-state index contributed by atoms with van der Waals surface area (Å²) in [6, 6.07) is 12.3. The van der Waals surface area contributed by atoms with Gasteiger partial charge in [0, 0.05) is 25.7 Å². The predicted octanol–water partition coefficient (Wildman–Crippen LogP) is 1.40. The van der Waals surface area contributed by atoms with Gasteiger partial charge in [0.05, 0.1) is 6.20 Å². The second kappa shape index (κ2) is 5.50. The molecule has 90 valence electrons. The maximum Gasteiger partial charge on any atom is 0.123 e. The molecule has 1 heterocycles. The molecule has 1 unspecified atom stereocenters. The lowest BCUT2D eigenvalue weighted by Gasteiger charge is -2.13. The Morgan fingerprint density at radius 3 is 2.71 bits per heavy atom. The summed E-state index contributed by atoms with van der Waals surface area (Å²) in [5.41, 5.74) is 7.35. The van der Waals surface area contributed by atoms with Crippen LogP contribution in [0.3, 0.4) is 0 Å². The van der Waals surface area contributed by atoms with Crippen LogP contribution < -0.4 is 11.1 Å². The molecule has 0 radical (unpaired) electrons. The van der Waals surface area contributed by atoms with Crippen LogP contribution in [0.25, 0.3) is 0 Å². The molecule has 0 aliphatic carbocycles. The van der Waals surface area contributed by atoms with Gasteiger partial charge in [-0.05, 0) is 12.0 Å². The first-order valence-electron chi connectivity index (χ1n) is 5.77. The molecule has 0 spiro atoms. The number of anilines is 1. The minimum atomic E-state index is 0.104. The summed E-state index contributed by atoms with van der Waals surface area (Å²) in [6.45, 7) is 0.744. The Bertz CT molecular complexity index is 449. The number of benzene rings is 1. The van der Waals surface area contributed by atoms with Gasteiger partial charge in [-0.3, -0.25) is 4.68 Å². The second-order valence-corrected chi connectivity index (χ2v) is 4.17. The van der Waals surface area contributed by atoms with Crippen molar-refractivity contribution in [2.45, 2.75) is 12.5 Å². The van der Waals surface area contributed by atoms with Crippen LogP contribution in [0.5, 0.6) is 0 Å². The molecule has 1 aromatic heterocycles. The first kappa shape index (κ1) is 11.7. The summed E-state index contributed by atoms with van der Waals surface area (Å²) < 4.78 is 1.80. The highest BCUT2D eigenvalue weighted by Gasteiger charge is 2.05. The number of nitrogens with one attached hydrogen (secondary N) is 1. The zero-order chi connectivity index (χ0) is 12.1. The van der Waals surface area contributed by atoms with E-state index in [2.05, 4.69) is 22.5 Å².